The van der Waals surface area contributed by atoms with E-state index in [1.807, 2.05) is 4.90 Å². The first-order chi connectivity index (χ1) is 15.9. The van der Waals surface area contributed by atoms with E-state index in [9.17, 15) is 14.3 Å². The van der Waals surface area contributed by atoms with Gasteiger partial charge in [0, 0.05) is 54.9 Å². The molecule has 5 rings (SSSR count). The molecule has 168 valence electrons. The number of fused-ring (bicyclic) bond motifs is 2. The van der Waals surface area contributed by atoms with Gasteiger partial charge in [0.1, 0.15) is 17.0 Å². The molecule has 3 heterocycles. The zero-order valence-electron chi connectivity index (χ0n) is 17.0. The van der Waals surface area contributed by atoms with Crippen LogP contribution >= 0.6 is 27.5 Å². The maximum Gasteiger partial charge on any atom is 0.407 e. The molecule has 10 heteroatoms. The van der Waals surface area contributed by atoms with Crippen molar-refractivity contribution >= 4 is 61.0 Å². The maximum absolute atomic E-state index is 15.8. The van der Waals surface area contributed by atoms with Crippen LogP contribution < -0.4 is 4.90 Å². The van der Waals surface area contributed by atoms with E-state index in [0.29, 0.717) is 58.1 Å². The molecule has 0 atom stereocenters. The number of piperazine rings is 1. The monoisotopic (exact) mass is 532 g/mol. The normalized spacial score (nSPS) is 14.3. The lowest BCUT2D eigenvalue weighted by Crippen LogP contribution is -2.48. The first-order valence-electron chi connectivity index (χ1n) is 10.1. The number of anilines is 1. The summed E-state index contributed by atoms with van der Waals surface area (Å²) in [7, 11) is 0. The molecule has 0 aliphatic carbocycles. The number of carboxylic acid groups (broad SMARTS) is 1. The van der Waals surface area contributed by atoms with Gasteiger partial charge in [0.2, 0.25) is 0 Å². The van der Waals surface area contributed by atoms with E-state index in [1.54, 1.807) is 24.3 Å². The third kappa shape index (κ3) is 3.65. The number of amides is 1. The Hall–Kier alpha value is -3.04. The van der Waals surface area contributed by atoms with Gasteiger partial charge in [0.05, 0.1) is 15.2 Å². The molecule has 0 unspecified atom stereocenters. The van der Waals surface area contributed by atoms with Crippen LogP contribution in [0.1, 0.15) is 0 Å². The van der Waals surface area contributed by atoms with Gasteiger partial charge in [-0.25, -0.2) is 13.6 Å². The average molecular weight is 534 g/mol. The summed E-state index contributed by atoms with van der Waals surface area (Å²) >= 11 is 9.73. The first-order valence-corrected chi connectivity index (χ1v) is 11.3. The van der Waals surface area contributed by atoms with Crippen LogP contribution in [0.2, 0.25) is 5.02 Å². The van der Waals surface area contributed by atoms with Gasteiger partial charge in [-0.2, -0.15) is 0 Å². The van der Waals surface area contributed by atoms with Crippen LogP contribution in [0.3, 0.4) is 0 Å². The van der Waals surface area contributed by atoms with Gasteiger partial charge in [-0.3, -0.25) is 9.97 Å². The van der Waals surface area contributed by atoms with Crippen molar-refractivity contribution in [3.05, 3.63) is 63.9 Å². The smallest absolute Gasteiger partial charge is 0.407 e. The SMILES string of the molecule is O=C(O)N1CCN(c2c(Br)cnc3c(F)c(-c4cccc5ccc(F)c(Cl)c45)ncc23)CC1. The summed E-state index contributed by atoms with van der Waals surface area (Å²) in [6.45, 7) is 1.57. The van der Waals surface area contributed by atoms with Crippen molar-refractivity contribution in [1.82, 2.24) is 14.9 Å². The van der Waals surface area contributed by atoms with Crippen molar-refractivity contribution in [3.8, 4) is 11.3 Å². The van der Waals surface area contributed by atoms with E-state index in [2.05, 4.69) is 25.9 Å². The zero-order valence-corrected chi connectivity index (χ0v) is 19.4. The van der Waals surface area contributed by atoms with E-state index < -0.39 is 17.7 Å². The highest BCUT2D eigenvalue weighted by molar-refractivity contribution is 9.10. The number of rotatable bonds is 2. The van der Waals surface area contributed by atoms with E-state index in [1.165, 1.54) is 23.4 Å². The van der Waals surface area contributed by atoms with Gasteiger partial charge in [-0.15, -0.1) is 0 Å². The molecule has 1 aliphatic heterocycles. The van der Waals surface area contributed by atoms with Crippen LogP contribution in [0, 0.1) is 11.6 Å². The van der Waals surface area contributed by atoms with E-state index in [4.69, 9.17) is 11.6 Å². The van der Waals surface area contributed by atoms with E-state index in [-0.39, 0.29) is 16.2 Å². The maximum atomic E-state index is 15.8. The third-order valence-corrected chi connectivity index (χ3v) is 6.79. The Morgan fingerprint density at radius 3 is 2.55 bits per heavy atom. The van der Waals surface area contributed by atoms with Gasteiger partial charge < -0.3 is 14.9 Å². The number of pyridine rings is 2. The Morgan fingerprint density at radius 2 is 1.82 bits per heavy atom. The molecule has 2 aromatic carbocycles. The zero-order chi connectivity index (χ0) is 23.3. The Labute approximate surface area is 200 Å². The molecule has 0 radical (unpaired) electrons. The highest BCUT2D eigenvalue weighted by atomic mass is 79.9. The van der Waals surface area contributed by atoms with Crippen LogP contribution in [0.5, 0.6) is 0 Å². The number of hydrogen-bond donors (Lipinski definition) is 1. The lowest BCUT2D eigenvalue weighted by Gasteiger charge is -2.35. The van der Waals surface area contributed by atoms with Crippen molar-refractivity contribution in [2.75, 3.05) is 31.1 Å². The first kappa shape index (κ1) is 21.8. The Bertz CT molecular complexity index is 1430. The third-order valence-electron chi connectivity index (χ3n) is 5.84. The number of carbonyl (C=O) groups is 1. The van der Waals surface area contributed by atoms with Crippen LogP contribution in [-0.2, 0) is 0 Å². The predicted octanol–water partition coefficient (Wildman–Crippen LogP) is 5.94. The van der Waals surface area contributed by atoms with Crippen molar-refractivity contribution in [2.45, 2.75) is 0 Å². The fourth-order valence-corrected chi connectivity index (χ4v) is 5.07. The quantitative estimate of drug-likeness (QED) is 0.345. The molecule has 1 amide bonds. The van der Waals surface area contributed by atoms with Crippen molar-refractivity contribution < 1.29 is 18.7 Å². The summed E-state index contributed by atoms with van der Waals surface area (Å²) < 4.78 is 30.6. The number of nitrogens with zero attached hydrogens (tertiary/aromatic N) is 4. The van der Waals surface area contributed by atoms with Crippen LogP contribution in [-0.4, -0.2) is 52.2 Å². The summed E-state index contributed by atoms with van der Waals surface area (Å²) in [4.78, 5) is 23.2. The molecule has 1 saturated heterocycles. The van der Waals surface area contributed by atoms with Gasteiger partial charge >= 0.3 is 6.09 Å². The molecule has 4 aromatic rings. The van der Waals surface area contributed by atoms with Gasteiger partial charge in [0.25, 0.3) is 0 Å². The second-order valence-electron chi connectivity index (χ2n) is 7.66. The number of benzene rings is 2. The topological polar surface area (TPSA) is 69.6 Å². The predicted molar refractivity (Wildman–Crippen MR) is 127 cm³/mol. The summed E-state index contributed by atoms with van der Waals surface area (Å²) in [6, 6.07) is 8.01. The second kappa shape index (κ2) is 8.39. The van der Waals surface area contributed by atoms with Gasteiger partial charge in [-0.1, -0.05) is 35.9 Å². The molecule has 0 saturated carbocycles. The van der Waals surface area contributed by atoms with Gasteiger partial charge in [0.15, 0.2) is 5.82 Å². The minimum Gasteiger partial charge on any atom is -0.465 e. The highest BCUT2D eigenvalue weighted by Gasteiger charge is 2.25. The second-order valence-corrected chi connectivity index (χ2v) is 8.89. The van der Waals surface area contributed by atoms with Gasteiger partial charge in [-0.05, 0) is 27.4 Å². The van der Waals surface area contributed by atoms with E-state index in [0.717, 1.165) is 0 Å². The lowest BCUT2D eigenvalue weighted by atomic mass is 10.00. The molecule has 6 nitrogen and oxygen atoms in total. The minimum atomic E-state index is -0.962. The Morgan fingerprint density at radius 1 is 1.06 bits per heavy atom. The summed E-state index contributed by atoms with van der Waals surface area (Å²) in [5, 5.41) is 10.7. The lowest BCUT2D eigenvalue weighted by molar-refractivity contribution is 0.142. The summed E-state index contributed by atoms with van der Waals surface area (Å²) in [6.07, 6.45) is 2.09. The van der Waals surface area contributed by atoms with Crippen molar-refractivity contribution in [1.29, 1.82) is 0 Å². The molecule has 1 aliphatic rings. The van der Waals surface area contributed by atoms with Crippen LogP contribution in [0.4, 0.5) is 19.3 Å². The highest BCUT2D eigenvalue weighted by Crippen LogP contribution is 2.39. The molecule has 33 heavy (non-hydrogen) atoms. The standard InChI is InChI=1S/C23H16BrClF2N4O2/c24-15-11-29-21-14(22(15)30-6-8-31(9-7-30)23(32)33)10-28-20(19(21)27)13-3-1-2-12-4-5-16(26)18(25)17(12)13/h1-5,10-11H,6-9H2,(H,32,33). The molecule has 2 aromatic heterocycles. The van der Waals surface area contributed by atoms with Crippen LogP contribution in [0.25, 0.3) is 32.9 Å². The van der Waals surface area contributed by atoms with Crippen molar-refractivity contribution in [3.63, 3.8) is 0 Å². The summed E-state index contributed by atoms with van der Waals surface area (Å²) in [5.41, 5.74) is 1.21. The van der Waals surface area contributed by atoms with Crippen molar-refractivity contribution in [2.24, 2.45) is 0 Å². The largest absolute Gasteiger partial charge is 0.465 e. The number of hydrogen-bond acceptors (Lipinski definition) is 4. The van der Waals surface area contributed by atoms with E-state index >= 15 is 4.39 Å². The molecule has 1 N–H and O–H groups in total. The number of aromatic nitrogens is 2. The fourth-order valence-electron chi connectivity index (χ4n) is 4.23. The Balaban J connectivity index is 1.65. The number of halogens is 4. The Kier molecular flexibility index (Phi) is 5.54. The average Bonchev–Trinajstić information content (AvgIpc) is 2.81. The molecular formula is C23H16BrClF2N4O2. The molecule has 0 spiro atoms. The minimum absolute atomic E-state index is 0.0251. The van der Waals surface area contributed by atoms with Crippen LogP contribution in [0.15, 0.2) is 47.2 Å². The molecular weight excluding hydrogens is 518 g/mol. The summed E-state index contributed by atoms with van der Waals surface area (Å²) in [5.74, 6) is -1.24. The molecule has 1 fully saturated rings. The molecule has 0 bridgehead atoms. The fraction of sp³-hybridized carbons (Fsp3) is 0.174.